The van der Waals surface area contributed by atoms with E-state index >= 15 is 0 Å². The fraction of sp³-hybridized carbons (Fsp3) is 0.964. The lowest BCUT2D eigenvalue weighted by atomic mass is 10.0. The van der Waals surface area contributed by atoms with E-state index in [2.05, 4.69) is 19.2 Å². The molecule has 0 aromatic carbocycles. The van der Waals surface area contributed by atoms with E-state index in [9.17, 15) is 9.90 Å². The van der Waals surface area contributed by atoms with Crippen molar-refractivity contribution in [1.29, 1.82) is 0 Å². The molecular formula is C28H58N2O2. The van der Waals surface area contributed by atoms with Crippen LogP contribution in [0.5, 0.6) is 0 Å². The summed E-state index contributed by atoms with van der Waals surface area (Å²) >= 11 is 0. The summed E-state index contributed by atoms with van der Waals surface area (Å²) in [6.07, 6.45) is 28.3. The van der Waals surface area contributed by atoms with Crippen LogP contribution >= 0.6 is 0 Å². The fourth-order valence-corrected chi connectivity index (χ4v) is 4.32. The molecule has 0 aliphatic heterocycles. The van der Waals surface area contributed by atoms with Gasteiger partial charge >= 0.3 is 0 Å². The molecule has 32 heavy (non-hydrogen) atoms. The molecule has 0 aliphatic rings. The molecule has 1 amide bonds. The minimum Gasteiger partial charge on any atom is -0.368 e. The lowest BCUT2D eigenvalue weighted by molar-refractivity contribution is -0.140. The smallest absolute Gasteiger partial charge is 0.267 e. The van der Waals surface area contributed by atoms with Gasteiger partial charge < -0.3 is 10.4 Å². The van der Waals surface area contributed by atoms with Gasteiger partial charge in [-0.3, -0.25) is 10.5 Å². The zero-order valence-electron chi connectivity index (χ0n) is 21.9. The van der Waals surface area contributed by atoms with Gasteiger partial charge in [-0.05, 0) is 19.3 Å². The van der Waals surface area contributed by atoms with E-state index in [-0.39, 0.29) is 0 Å². The van der Waals surface area contributed by atoms with Gasteiger partial charge in [0.1, 0.15) is 0 Å². The van der Waals surface area contributed by atoms with Crippen molar-refractivity contribution in [1.82, 2.24) is 5.32 Å². The van der Waals surface area contributed by atoms with Crippen LogP contribution in [0.25, 0.3) is 0 Å². The summed E-state index contributed by atoms with van der Waals surface area (Å²) in [6, 6.07) is 0. The predicted octanol–water partition coefficient (Wildman–Crippen LogP) is 7.76. The number of hydrogen-bond donors (Lipinski definition) is 3. The number of nitrogens with two attached hydrogens (primary N) is 1. The van der Waals surface area contributed by atoms with Gasteiger partial charge in [0.2, 0.25) is 0 Å². The third-order valence-electron chi connectivity index (χ3n) is 6.62. The average Bonchev–Trinajstić information content (AvgIpc) is 2.78. The van der Waals surface area contributed by atoms with Crippen LogP contribution in [0.1, 0.15) is 162 Å². The van der Waals surface area contributed by atoms with E-state index in [1.807, 2.05) is 0 Å². The number of aliphatic hydroxyl groups is 1. The Balaban J connectivity index is 3.45. The first-order valence-corrected chi connectivity index (χ1v) is 14.3. The van der Waals surface area contributed by atoms with Gasteiger partial charge in [0.25, 0.3) is 5.91 Å². The zero-order valence-corrected chi connectivity index (χ0v) is 21.9. The van der Waals surface area contributed by atoms with Crippen LogP contribution in [-0.4, -0.2) is 23.3 Å². The second kappa shape index (κ2) is 23.5. The molecular weight excluding hydrogens is 396 g/mol. The van der Waals surface area contributed by atoms with E-state index in [1.54, 1.807) is 0 Å². The predicted molar refractivity (Wildman–Crippen MR) is 140 cm³/mol. The molecule has 0 rings (SSSR count). The second-order valence-electron chi connectivity index (χ2n) is 10.0. The molecule has 192 valence electrons. The summed E-state index contributed by atoms with van der Waals surface area (Å²) in [5.74, 6) is -0.407. The molecule has 4 heteroatoms. The van der Waals surface area contributed by atoms with Gasteiger partial charge in [-0.1, -0.05) is 142 Å². The summed E-state index contributed by atoms with van der Waals surface area (Å²) in [6.45, 7) is 5.12. The highest BCUT2D eigenvalue weighted by molar-refractivity contribution is 5.84. The first kappa shape index (κ1) is 31.4. The van der Waals surface area contributed by atoms with Crippen LogP contribution in [0.4, 0.5) is 0 Å². The lowest BCUT2D eigenvalue weighted by Gasteiger charge is -2.22. The molecule has 4 nitrogen and oxygen atoms in total. The van der Waals surface area contributed by atoms with E-state index < -0.39 is 11.6 Å². The summed E-state index contributed by atoms with van der Waals surface area (Å²) in [7, 11) is 0. The molecule has 1 unspecified atom stereocenters. The van der Waals surface area contributed by atoms with Gasteiger partial charge in [0, 0.05) is 6.54 Å². The Morgan fingerprint density at radius 2 is 0.906 bits per heavy atom. The van der Waals surface area contributed by atoms with Gasteiger partial charge in [-0.2, -0.15) is 0 Å². The molecule has 0 aromatic rings. The van der Waals surface area contributed by atoms with Gasteiger partial charge in [-0.25, -0.2) is 0 Å². The van der Waals surface area contributed by atoms with Gasteiger partial charge in [0.15, 0.2) is 5.72 Å². The molecule has 4 N–H and O–H groups in total. The van der Waals surface area contributed by atoms with Crippen molar-refractivity contribution in [2.45, 2.75) is 167 Å². The molecule has 0 spiro atoms. The Morgan fingerprint density at radius 3 is 1.28 bits per heavy atom. The minimum atomic E-state index is -1.71. The molecule has 0 fully saturated rings. The molecule has 0 bridgehead atoms. The molecule has 1 atom stereocenters. The third kappa shape index (κ3) is 21.2. The van der Waals surface area contributed by atoms with E-state index in [0.29, 0.717) is 13.0 Å². The van der Waals surface area contributed by atoms with Crippen LogP contribution < -0.4 is 11.1 Å². The first-order valence-electron chi connectivity index (χ1n) is 14.3. The minimum absolute atomic E-state index is 0.355. The number of rotatable bonds is 25. The molecule has 0 saturated heterocycles. The maximum Gasteiger partial charge on any atom is 0.267 e. The highest BCUT2D eigenvalue weighted by Gasteiger charge is 2.29. The normalized spacial score (nSPS) is 13.2. The Bertz CT molecular complexity index is 399. The van der Waals surface area contributed by atoms with Crippen LogP contribution in [0.3, 0.4) is 0 Å². The Hall–Kier alpha value is -0.610. The Labute approximate surface area is 200 Å². The monoisotopic (exact) mass is 454 g/mol. The quantitative estimate of drug-likeness (QED) is 0.0974. The lowest BCUT2D eigenvalue weighted by Crippen LogP contribution is -2.54. The Kier molecular flexibility index (Phi) is 23.1. The molecule has 0 saturated carbocycles. The van der Waals surface area contributed by atoms with Crippen LogP contribution in [0.2, 0.25) is 0 Å². The average molecular weight is 455 g/mol. The Morgan fingerprint density at radius 1 is 0.594 bits per heavy atom. The summed E-state index contributed by atoms with van der Waals surface area (Å²) < 4.78 is 0. The molecule has 0 aromatic heterocycles. The summed E-state index contributed by atoms with van der Waals surface area (Å²) in [4.78, 5) is 12.2. The van der Waals surface area contributed by atoms with Crippen molar-refractivity contribution >= 4 is 5.91 Å². The number of amides is 1. The van der Waals surface area contributed by atoms with Crippen LogP contribution in [-0.2, 0) is 4.79 Å². The number of nitrogens with one attached hydrogen (secondary N) is 1. The third-order valence-corrected chi connectivity index (χ3v) is 6.62. The fourth-order valence-electron chi connectivity index (χ4n) is 4.32. The second-order valence-corrected chi connectivity index (χ2v) is 10.0. The van der Waals surface area contributed by atoms with Crippen molar-refractivity contribution in [2.24, 2.45) is 5.73 Å². The first-order chi connectivity index (χ1) is 15.5. The van der Waals surface area contributed by atoms with Crippen molar-refractivity contribution in [2.75, 3.05) is 6.54 Å². The molecule has 0 aliphatic carbocycles. The maximum absolute atomic E-state index is 12.2. The number of unbranched alkanes of at least 4 members (excludes halogenated alkanes) is 20. The van der Waals surface area contributed by atoms with Crippen molar-refractivity contribution in [3.63, 3.8) is 0 Å². The van der Waals surface area contributed by atoms with E-state index in [1.165, 1.54) is 116 Å². The number of hydrogen-bond acceptors (Lipinski definition) is 3. The van der Waals surface area contributed by atoms with E-state index in [0.717, 1.165) is 25.7 Å². The maximum atomic E-state index is 12.2. The molecule has 0 radical (unpaired) electrons. The van der Waals surface area contributed by atoms with Crippen molar-refractivity contribution < 1.29 is 9.90 Å². The molecule has 0 heterocycles. The van der Waals surface area contributed by atoms with Crippen molar-refractivity contribution in [3.05, 3.63) is 0 Å². The summed E-state index contributed by atoms with van der Waals surface area (Å²) in [5, 5.41) is 13.1. The SMILES string of the molecule is CCCCCCCCCCCCCCCCC(N)(O)C(=O)NCCCCCCCCCC. The van der Waals surface area contributed by atoms with E-state index in [4.69, 9.17) is 5.73 Å². The van der Waals surface area contributed by atoms with Crippen LogP contribution in [0, 0.1) is 0 Å². The zero-order chi connectivity index (χ0) is 23.8. The number of carbonyl (C=O) groups excluding carboxylic acids is 1. The van der Waals surface area contributed by atoms with Crippen molar-refractivity contribution in [3.8, 4) is 0 Å². The highest BCUT2D eigenvalue weighted by atomic mass is 16.3. The number of carbonyl (C=O) groups is 1. The highest BCUT2D eigenvalue weighted by Crippen LogP contribution is 2.15. The summed E-state index contributed by atoms with van der Waals surface area (Å²) in [5.41, 5.74) is 4.15. The largest absolute Gasteiger partial charge is 0.368 e. The standard InChI is InChI=1S/C28H58N2O2/c1-3-5-7-9-11-13-14-15-16-17-18-19-21-23-25-28(29,32)27(31)30-26-24-22-20-12-10-8-6-4-2/h32H,3-26,29H2,1-2H3,(H,30,31). The van der Waals surface area contributed by atoms with Gasteiger partial charge in [-0.15, -0.1) is 0 Å². The van der Waals surface area contributed by atoms with Crippen LogP contribution in [0.15, 0.2) is 0 Å². The topological polar surface area (TPSA) is 75.3 Å². The van der Waals surface area contributed by atoms with Gasteiger partial charge in [0.05, 0.1) is 0 Å².